The summed E-state index contributed by atoms with van der Waals surface area (Å²) in [6.07, 6.45) is 0. The zero-order chi connectivity index (χ0) is 20.0. The van der Waals surface area contributed by atoms with Crippen LogP contribution < -0.4 is 16.2 Å². The van der Waals surface area contributed by atoms with Crippen LogP contribution in [0.15, 0.2) is 48.6 Å². The van der Waals surface area contributed by atoms with E-state index in [1.165, 1.54) is 13.0 Å². The highest BCUT2D eigenvalue weighted by Gasteiger charge is 2.16. The van der Waals surface area contributed by atoms with Crippen LogP contribution in [-0.2, 0) is 14.3 Å². The number of ether oxygens (including phenoxy) is 3. The number of rotatable bonds is 7. The summed E-state index contributed by atoms with van der Waals surface area (Å²) in [4.78, 5) is 23.7. The third kappa shape index (κ3) is 5.50. The summed E-state index contributed by atoms with van der Waals surface area (Å²) >= 11 is 0. The molecule has 7 heteroatoms. The Labute approximate surface area is 157 Å². The van der Waals surface area contributed by atoms with Gasteiger partial charge in [0.1, 0.15) is 30.3 Å². The van der Waals surface area contributed by atoms with Gasteiger partial charge in [-0.25, -0.2) is 9.59 Å². The van der Waals surface area contributed by atoms with Gasteiger partial charge in [-0.3, -0.25) is 0 Å². The van der Waals surface area contributed by atoms with Crippen molar-refractivity contribution in [1.29, 1.82) is 0 Å². The van der Waals surface area contributed by atoms with E-state index in [9.17, 15) is 9.59 Å². The maximum atomic E-state index is 12.4. The van der Waals surface area contributed by atoms with Gasteiger partial charge in [0.2, 0.25) is 0 Å². The predicted octanol–water partition coefficient (Wildman–Crippen LogP) is 3.23. The van der Waals surface area contributed by atoms with Crippen molar-refractivity contribution < 1.29 is 23.8 Å². The minimum Gasteiger partial charge on any atom is -0.459 e. The molecule has 142 valence electrons. The number of hydrogen-bond acceptors (Lipinski definition) is 7. The molecule has 0 atom stereocenters. The Balaban J connectivity index is 2.08. The first-order valence-electron chi connectivity index (χ1n) is 8.21. The average molecular weight is 370 g/mol. The lowest BCUT2D eigenvalue weighted by Gasteiger charge is -2.13. The van der Waals surface area contributed by atoms with E-state index >= 15 is 0 Å². The Hall–Kier alpha value is -3.48. The SMILES string of the molecule is C=C(C)C(=O)OCCOC(=O)c1cc(N)ccc1Oc1ccc(C)c(N)c1. The van der Waals surface area contributed by atoms with E-state index in [-0.39, 0.29) is 30.1 Å². The summed E-state index contributed by atoms with van der Waals surface area (Å²) in [6, 6.07) is 9.86. The third-order valence-electron chi connectivity index (χ3n) is 3.60. The minimum absolute atomic E-state index is 0.0789. The van der Waals surface area contributed by atoms with E-state index in [2.05, 4.69) is 6.58 Å². The molecule has 0 bridgehead atoms. The predicted molar refractivity (Wildman–Crippen MR) is 103 cm³/mol. The molecule has 0 aliphatic rings. The third-order valence-corrected chi connectivity index (χ3v) is 3.60. The first kappa shape index (κ1) is 19.8. The van der Waals surface area contributed by atoms with Gasteiger partial charge in [-0.15, -0.1) is 0 Å². The molecule has 0 unspecified atom stereocenters. The van der Waals surface area contributed by atoms with Gasteiger partial charge in [0, 0.05) is 23.0 Å². The van der Waals surface area contributed by atoms with Gasteiger partial charge in [0.25, 0.3) is 0 Å². The molecule has 2 aromatic carbocycles. The highest BCUT2D eigenvalue weighted by molar-refractivity contribution is 5.93. The van der Waals surface area contributed by atoms with Crippen molar-refractivity contribution in [2.24, 2.45) is 0 Å². The molecule has 0 aliphatic heterocycles. The lowest BCUT2D eigenvalue weighted by molar-refractivity contribution is -0.140. The normalized spacial score (nSPS) is 10.1. The summed E-state index contributed by atoms with van der Waals surface area (Å²) in [5.41, 5.74) is 13.9. The molecule has 0 saturated carbocycles. The topological polar surface area (TPSA) is 114 Å². The van der Waals surface area contributed by atoms with Crippen LogP contribution in [0, 0.1) is 6.92 Å². The molecule has 0 aliphatic carbocycles. The monoisotopic (exact) mass is 370 g/mol. The Morgan fingerprint density at radius 3 is 2.41 bits per heavy atom. The van der Waals surface area contributed by atoms with Gasteiger partial charge in [0.05, 0.1) is 0 Å². The maximum Gasteiger partial charge on any atom is 0.342 e. The second kappa shape index (κ2) is 8.75. The summed E-state index contributed by atoms with van der Waals surface area (Å²) in [5, 5.41) is 0. The first-order valence-corrected chi connectivity index (χ1v) is 8.21. The molecule has 7 nitrogen and oxygen atoms in total. The Morgan fingerprint density at radius 1 is 1.04 bits per heavy atom. The summed E-state index contributed by atoms with van der Waals surface area (Å²) in [7, 11) is 0. The molecular weight excluding hydrogens is 348 g/mol. The van der Waals surface area contributed by atoms with E-state index in [0.717, 1.165) is 5.56 Å². The smallest absolute Gasteiger partial charge is 0.342 e. The number of aryl methyl sites for hydroxylation is 1. The van der Waals surface area contributed by atoms with Crippen molar-refractivity contribution in [2.45, 2.75) is 13.8 Å². The standard InChI is InChI=1S/C20H22N2O5/c1-12(2)19(23)25-8-9-26-20(24)16-10-14(21)5-7-18(16)27-15-6-4-13(3)17(22)11-15/h4-7,10-11H,1,8-9,21-22H2,2-3H3. The van der Waals surface area contributed by atoms with Gasteiger partial charge >= 0.3 is 11.9 Å². The zero-order valence-corrected chi connectivity index (χ0v) is 15.3. The number of nitrogen functional groups attached to an aromatic ring is 2. The zero-order valence-electron chi connectivity index (χ0n) is 15.3. The molecule has 0 heterocycles. The van der Waals surface area contributed by atoms with Gasteiger partial charge in [-0.05, 0) is 43.7 Å². The van der Waals surface area contributed by atoms with Crippen LogP contribution in [0.2, 0.25) is 0 Å². The number of nitrogens with two attached hydrogens (primary N) is 2. The van der Waals surface area contributed by atoms with Crippen LogP contribution in [0.4, 0.5) is 11.4 Å². The quantitative estimate of drug-likeness (QED) is 0.333. The molecule has 4 N–H and O–H groups in total. The number of benzene rings is 2. The molecular formula is C20H22N2O5. The number of hydrogen-bond donors (Lipinski definition) is 2. The number of anilines is 2. The average Bonchev–Trinajstić information content (AvgIpc) is 2.62. The fourth-order valence-electron chi connectivity index (χ4n) is 2.07. The second-order valence-corrected chi connectivity index (χ2v) is 5.93. The van der Waals surface area contributed by atoms with E-state index in [1.54, 1.807) is 24.3 Å². The van der Waals surface area contributed by atoms with Crippen LogP contribution >= 0.6 is 0 Å². The van der Waals surface area contributed by atoms with Crippen LogP contribution in [0.25, 0.3) is 0 Å². The highest BCUT2D eigenvalue weighted by Crippen LogP contribution is 2.29. The largest absolute Gasteiger partial charge is 0.459 e. The number of carbonyl (C=O) groups excluding carboxylic acids is 2. The summed E-state index contributed by atoms with van der Waals surface area (Å²) in [5.74, 6) is -0.441. The van der Waals surface area contributed by atoms with Crippen molar-refractivity contribution in [1.82, 2.24) is 0 Å². The lowest BCUT2D eigenvalue weighted by Crippen LogP contribution is -2.15. The van der Waals surface area contributed by atoms with Crippen molar-refractivity contribution in [3.8, 4) is 11.5 Å². The number of esters is 2. The number of carbonyl (C=O) groups is 2. The molecule has 0 spiro atoms. The summed E-state index contributed by atoms with van der Waals surface area (Å²) < 4.78 is 15.8. The fourth-order valence-corrected chi connectivity index (χ4v) is 2.07. The lowest BCUT2D eigenvalue weighted by atomic mass is 10.1. The minimum atomic E-state index is -0.649. The van der Waals surface area contributed by atoms with Crippen molar-refractivity contribution >= 4 is 23.3 Å². The van der Waals surface area contributed by atoms with Gasteiger partial charge < -0.3 is 25.7 Å². The molecule has 0 radical (unpaired) electrons. The second-order valence-electron chi connectivity index (χ2n) is 5.93. The Morgan fingerprint density at radius 2 is 1.74 bits per heavy atom. The van der Waals surface area contributed by atoms with Crippen LogP contribution in [0.5, 0.6) is 11.5 Å². The van der Waals surface area contributed by atoms with E-state index in [4.69, 9.17) is 25.7 Å². The first-order chi connectivity index (χ1) is 12.8. The molecule has 0 saturated heterocycles. The molecule has 0 aromatic heterocycles. The molecule has 0 fully saturated rings. The van der Waals surface area contributed by atoms with E-state index in [1.807, 2.05) is 13.0 Å². The molecule has 2 aromatic rings. The molecule has 27 heavy (non-hydrogen) atoms. The maximum absolute atomic E-state index is 12.4. The van der Waals surface area contributed by atoms with Crippen LogP contribution in [0.1, 0.15) is 22.8 Å². The van der Waals surface area contributed by atoms with Gasteiger partial charge in [-0.1, -0.05) is 12.6 Å². The molecule has 0 amide bonds. The van der Waals surface area contributed by atoms with Gasteiger partial charge in [-0.2, -0.15) is 0 Å². The Bertz CT molecular complexity index is 877. The summed E-state index contributed by atoms with van der Waals surface area (Å²) in [6.45, 7) is 6.69. The van der Waals surface area contributed by atoms with Crippen molar-refractivity contribution in [3.63, 3.8) is 0 Å². The van der Waals surface area contributed by atoms with Crippen molar-refractivity contribution in [3.05, 3.63) is 59.7 Å². The van der Waals surface area contributed by atoms with Crippen molar-refractivity contribution in [2.75, 3.05) is 24.7 Å². The van der Waals surface area contributed by atoms with E-state index < -0.39 is 11.9 Å². The van der Waals surface area contributed by atoms with Gasteiger partial charge in [0.15, 0.2) is 0 Å². The fraction of sp³-hybridized carbons (Fsp3) is 0.200. The van der Waals surface area contributed by atoms with E-state index in [0.29, 0.717) is 17.1 Å². The van der Waals surface area contributed by atoms with Crippen LogP contribution in [0.3, 0.4) is 0 Å². The highest BCUT2D eigenvalue weighted by atomic mass is 16.6. The molecule has 2 rings (SSSR count). The van der Waals surface area contributed by atoms with Crippen LogP contribution in [-0.4, -0.2) is 25.2 Å². The Kier molecular flexibility index (Phi) is 6.43.